The van der Waals surface area contributed by atoms with E-state index in [1.807, 2.05) is 29.2 Å². The molecule has 0 bridgehead atoms. The van der Waals surface area contributed by atoms with E-state index in [0.717, 1.165) is 30.5 Å². The number of likely N-dealkylation sites (tertiary alicyclic amines) is 1. The lowest BCUT2D eigenvalue weighted by Gasteiger charge is -2.25. The maximum Gasteiger partial charge on any atom is 0.227 e. The Morgan fingerprint density at radius 3 is 2.82 bits per heavy atom. The van der Waals surface area contributed by atoms with Crippen LogP contribution in [0.25, 0.3) is 0 Å². The van der Waals surface area contributed by atoms with Gasteiger partial charge in [0.1, 0.15) is 5.82 Å². The summed E-state index contributed by atoms with van der Waals surface area (Å²) in [5, 5.41) is 0.633. The van der Waals surface area contributed by atoms with Crippen molar-refractivity contribution in [3.05, 3.63) is 70.5 Å². The second-order valence-corrected chi connectivity index (χ2v) is 6.04. The Morgan fingerprint density at radius 2 is 2.05 bits per heavy atom. The Labute approximate surface area is 134 Å². The average molecular weight is 318 g/mol. The van der Waals surface area contributed by atoms with Crippen molar-refractivity contribution >= 4 is 17.5 Å². The third kappa shape index (κ3) is 3.30. The molecular weight excluding hydrogens is 301 g/mol. The van der Waals surface area contributed by atoms with Gasteiger partial charge in [-0.1, -0.05) is 35.9 Å². The van der Waals surface area contributed by atoms with Crippen LogP contribution in [0.3, 0.4) is 0 Å². The van der Waals surface area contributed by atoms with Crippen LogP contribution in [0.5, 0.6) is 0 Å². The molecule has 4 heteroatoms. The molecule has 0 unspecified atom stereocenters. The Hall–Kier alpha value is -1.87. The first-order valence-electron chi connectivity index (χ1n) is 7.43. The van der Waals surface area contributed by atoms with E-state index < -0.39 is 0 Å². The summed E-state index contributed by atoms with van der Waals surface area (Å²) in [5.41, 5.74) is 1.78. The van der Waals surface area contributed by atoms with Crippen molar-refractivity contribution in [3.8, 4) is 0 Å². The number of carbonyl (C=O) groups excluding carboxylic acids is 1. The largest absolute Gasteiger partial charge is 0.335 e. The van der Waals surface area contributed by atoms with Gasteiger partial charge in [-0.05, 0) is 48.2 Å². The quantitative estimate of drug-likeness (QED) is 0.822. The van der Waals surface area contributed by atoms with Crippen LogP contribution in [-0.4, -0.2) is 17.4 Å². The molecule has 0 N–H and O–H groups in total. The van der Waals surface area contributed by atoms with Gasteiger partial charge in [0.15, 0.2) is 0 Å². The summed E-state index contributed by atoms with van der Waals surface area (Å²) in [6, 6.07) is 13.9. The van der Waals surface area contributed by atoms with Crippen molar-refractivity contribution < 1.29 is 9.18 Å². The van der Waals surface area contributed by atoms with Crippen molar-refractivity contribution in [1.29, 1.82) is 0 Å². The minimum atomic E-state index is -0.258. The van der Waals surface area contributed by atoms with Gasteiger partial charge in [-0.3, -0.25) is 4.79 Å². The predicted molar refractivity (Wildman–Crippen MR) is 85.2 cm³/mol. The summed E-state index contributed by atoms with van der Waals surface area (Å²) in [4.78, 5) is 14.4. The molecule has 1 amide bonds. The molecule has 1 atom stereocenters. The first-order valence-corrected chi connectivity index (χ1v) is 7.80. The van der Waals surface area contributed by atoms with Crippen LogP contribution < -0.4 is 0 Å². The lowest BCUT2D eigenvalue weighted by Crippen LogP contribution is -2.31. The molecule has 0 aliphatic carbocycles. The molecule has 1 fully saturated rings. The molecule has 0 spiro atoms. The van der Waals surface area contributed by atoms with Gasteiger partial charge >= 0.3 is 0 Å². The van der Waals surface area contributed by atoms with E-state index in [4.69, 9.17) is 11.6 Å². The zero-order valence-electron chi connectivity index (χ0n) is 12.1. The van der Waals surface area contributed by atoms with Crippen LogP contribution in [-0.2, 0) is 11.2 Å². The summed E-state index contributed by atoms with van der Waals surface area (Å²) >= 11 is 5.96. The SMILES string of the molecule is O=C(Cc1cccc(Cl)c1)N1CCC[C@H]1c1cccc(F)c1. The summed E-state index contributed by atoms with van der Waals surface area (Å²) in [6.45, 7) is 0.723. The molecule has 1 aliphatic heterocycles. The fourth-order valence-electron chi connectivity index (χ4n) is 3.05. The van der Waals surface area contributed by atoms with Gasteiger partial charge in [-0.2, -0.15) is 0 Å². The van der Waals surface area contributed by atoms with Crippen LogP contribution in [0.15, 0.2) is 48.5 Å². The van der Waals surface area contributed by atoms with E-state index in [-0.39, 0.29) is 17.8 Å². The average Bonchev–Trinajstić information content (AvgIpc) is 2.97. The number of benzene rings is 2. The molecule has 1 saturated heterocycles. The molecule has 0 radical (unpaired) electrons. The molecule has 3 rings (SSSR count). The van der Waals surface area contributed by atoms with Gasteiger partial charge in [0, 0.05) is 11.6 Å². The molecule has 0 saturated carbocycles. The summed E-state index contributed by atoms with van der Waals surface area (Å²) in [7, 11) is 0. The zero-order valence-corrected chi connectivity index (χ0v) is 12.9. The number of hydrogen-bond donors (Lipinski definition) is 0. The Bertz CT molecular complexity index is 688. The second kappa shape index (κ2) is 6.49. The van der Waals surface area contributed by atoms with E-state index in [9.17, 15) is 9.18 Å². The molecule has 2 aromatic carbocycles. The normalized spacial score (nSPS) is 17.7. The first-order chi connectivity index (χ1) is 10.6. The van der Waals surface area contributed by atoms with E-state index in [2.05, 4.69) is 0 Å². The van der Waals surface area contributed by atoms with Crippen molar-refractivity contribution in [3.63, 3.8) is 0 Å². The van der Waals surface area contributed by atoms with E-state index in [0.29, 0.717) is 11.4 Å². The lowest BCUT2D eigenvalue weighted by atomic mass is 10.0. The maximum absolute atomic E-state index is 13.4. The van der Waals surface area contributed by atoms with Gasteiger partial charge in [0.05, 0.1) is 12.5 Å². The highest BCUT2D eigenvalue weighted by Crippen LogP contribution is 2.32. The van der Waals surface area contributed by atoms with Crippen LogP contribution >= 0.6 is 11.6 Å². The number of rotatable bonds is 3. The number of amides is 1. The van der Waals surface area contributed by atoms with Crippen molar-refractivity contribution in [1.82, 2.24) is 4.90 Å². The van der Waals surface area contributed by atoms with Gasteiger partial charge in [0.25, 0.3) is 0 Å². The first kappa shape index (κ1) is 15.0. The molecule has 114 valence electrons. The van der Waals surface area contributed by atoms with Crippen molar-refractivity contribution in [2.45, 2.75) is 25.3 Å². The molecule has 1 aliphatic rings. The molecule has 0 aromatic heterocycles. The standard InChI is InChI=1S/C18H17ClFNO/c19-15-6-1-4-13(10-15)11-18(22)21-9-3-8-17(21)14-5-2-7-16(20)12-14/h1-2,4-7,10,12,17H,3,8-9,11H2/t17-/m0/s1. The number of nitrogens with zero attached hydrogens (tertiary/aromatic N) is 1. The lowest BCUT2D eigenvalue weighted by molar-refractivity contribution is -0.131. The highest BCUT2D eigenvalue weighted by molar-refractivity contribution is 6.30. The van der Waals surface area contributed by atoms with Crippen LogP contribution in [0.2, 0.25) is 5.02 Å². The topological polar surface area (TPSA) is 20.3 Å². The van der Waals surface area contributed by atoms with Crippen LogP contribution in [0, 0.1) is 5.82 Å². The highest BCUT2D eigenvalue weighted by Gasteiger charge is 2.29. The van der Waals surface area contributed by atoms with Gasteiger partial charge in [-0.15, -0.1) is 0 Å². The van der Waals surface area contributed by atoms with E-state index in [1.165, 1.54) is 12.1 Å². The van der Waals surface area contributed by atoms with Gasteiger partial charge < -0.3 is 4.90 Å². The van der Waals surface area contributed by atoms with Gasteiger partial charge in [0.2, 0.25) is 5.91 Å². The fourth-order valence-corrected chi connectivity index (χ4v) is 3.26. The highest BCUT2D eigenvalue weighted by atomic mass is 35.5. The molecule has 22 heavy (non-hydrogen) atoms. The molecule has 2 nitrogen and oxygen atoms in total. The van der Waals surface area contributed by atoms with Crippen molar-refractivity contribution in [2.75, 3.05) is 6.54 Å². The molecule has 2 aromatic rings. The van der Waals surface area contributed by atoms with E-state index >= 15 is 0 Å². The van der Waals surface area contributed by atoms with Crippen LogP contribution in [0.1, 0.15) is 30.0 Å². The molecular formula is C18H17ClFNO. The van der Waals surface area contributed by atoms with Gasteiger partial charge in [-0.25, -0.2) is 4.39 Å². The van der Waals surface area contributed by atoms with Crippen LogP contribution in [0.4, 0.5) is 4.39 Å². The molecule has 1 heterocycles. The maximum atomic E-state index is 13.4. The third-order valence-corrected chi connectivity index (χ3v) is 4.29. The van der Waals surface area contributed by atoms with Crippen molar-refractivity contribution in [2.24, 2.45) is 0 Å². The number of carbonyl (C=O) groups is 1. The summed E-state index contributed by atoms with van der Waals surface area (Å²) < 4.78 is 13.4. The summed E-state index contributed by atoms with van der Waals surface area (Å²) in [6.07, 6.45) is 2.15. The number of hydrogen-bond acceptors (Lipinski definition) is 1. The number of halogens is 2. The Balaban J connectivity index is 1.76. The zero-order chi connectivity index (χ0) is 15.5. The Morgan fingerprint density at radius 1 is 1.23 bits per heavy atom. The summed E-state index contributed by atoms with van der Waals surface area (Å²) in [5.74, 6) is -0.194. The minimum absolute atomic E-state index is 0.0256. The second-order valence-electron chi connectivity index (χ2n) is 5.61. The Kier molecular flexibility index (Phi) is 4.44. The monoisotopic (exact) mass is 317 g/mol. The minimum Gasteiger partial charge on any atom is -0.335 e. The third-order valence-electron chi connectivity index (χ3n) is 4.05. The predicted octanol–water partition coefficient (Wildman–Crippen LogP) is 4.39. The fraction of sp³-hybridized carbons (Fsp3) is 0.278. The van der Waals surface area contributed by atoms with E-state index in [1.54, 1.807) is 12.1 Å². The smallest absolute Gasteiger partial charge is 0.227 e.